The number of nitrogens with one attached hydrogen (secondary N) is 1. The Morgan fingerprint density at radius 3 is 2.78 bits per heavy atom. The lowest BCUT2D eigenvalue weighted by atomic mass is 10.3. The molecule has 7 heteroatoms. The third kappa shape index (κ3) is 3.79. The molecule has 18 heavy (non-hydrogen) atoms. The van der Waals surface area contributed by atoms with Crippen LogP contribution in [0.3, 0.4) is 0 Å². The van der Waals surface area contributed by atoms with Crippen LogP contribution in [0.2, 0.25) is 0 Å². The monoisotopic (exact) mass is 336 g/mol. The predicted octanol–water partition coefficient (Wildman–Crippen LogP) is 2.41. The van der Waals surface area contributed by atoms with Crippen LogP contribution >= 0.6 is 15.9 Å². The Morgan fingerprint density at radius 2 is 2.17 bits per heavy atom. The van der Waals surface area contributed by atoms with Gasteiger partial charge in [0.1, 0.15) is 5.82 Å². The maximum absolute atomic E-state index is 13.1. The maximum atomic E-state index is 13.1. The van der Waals surface area contributed by atoms with Gasteiger partial charge in [0.25, 0.3) is 0 Å². The lowest BCUT2D eigenvalue weighted by Crippen LogP contribution is -2.25. The number of hydrogen-bond acceptors (Lipinski definition) is 3. The van der Waals surface area contributed by atoms with Gasteiger partial charge in [-0.3, -0.25) is 0 Å². The van der Waals surface area contributed by atoms with Gasteiger partial charge < -0.3 is 5.73 Å². The van der Waals surface area contributed by atoms with Crippen molar-refractivity contribution in [1.29, 1.82) is 0 Å². The zero-order chi connectivity index (χ0) is 13.8. The summed E-state index contributed by atoms with van der Waals surface area (Å²) in [5.74, 6) is -0.658. The Bertz CT molecular complexity index is 558. The van der Waals surface area contributed by atoms with E-state index in [0.29, 0.717) is 6.42 Å². The van der Waals surface area contributed by atoms with E-state index in [9.17, 15) is 12.8 Å². The smallest absolute Gasteiger partial charge is 0.241 e. The fourth-order valence-electron chi connectivity index (χ4n) is 1.27. The predicted molar refractivity (Wildman–Crippen MR) is 73.1 cm³/mol. The highest BCUT2D eigenvalue weighted by molar-refractivity contribution is 9.10. The van der Waals surface area contributed by atoms with Crippen molar-refractivity contribution < 1.29 is 12.8 Å². The Labute approximate surface area is 114 Å². The van der Waals surface area contributed by atoms with Gasteiger partial charge in [-0.25, -0.2) is 17.5 Å². The first-order chi connectivity index (χ1) is 8.38. The van der Waals surface area contributed by atoms with Crippen LogP contribution in [0.5, 0.6) is 0 Å². The zero-order valence-electron chi connectivity index (χ0n) is 9.78. The highest BCUT2D eigenvalue weighted by Crippen LogP contribution is 2.26. The van der Waals surface area contributed by atoms with Crippen molar-refractivity contribution in [3.63, 3.8) is 0 Å². The van der Waals surface area contributed by atoms with Gasteiger partial charge >= 0.3 is 0 Å². The van der Waals surface area contributed by atoms with Gasteiger partial charge in [0, 0.05) is 11.0 Å². The van der Waals surface area contributed by atoms with E-state index >= 15 is 0 Å². The largest absolute Gasteiger partial charge is 0.396 e. The average Bonchev–Trinajstić information content (AvgIpc) is 2.29. The van der Waals surface area contributed by atoms with E-state index in [4.69, 9.17) is 5.73 Å². The lowest BCUT2D eigenvalue weighted by Gasteiger charge is -2.09. The van der Waals surface area contributed by atoms with E-state index in [2.05, 4.69) is 20.7 Å². The van der Waals surface area contributed by atoms with Crippen LogP contribution in [-0.2, 0) is 10.0 Å². The molecule has 0 amide bonds. The molecule has 0 aliphatic carbocycles. The SMILES string of the molecule is C/C=C/CCNS(=O)(=O)c1cc(N)c(F)cc1Br. The normalized spacial score (nSPS) is 12.2. The third-order valence-corrected chi connectivity index (χ3v) is 4.60. The molecule has 1 aromatic carbocycles. The molecule has 0 radical (unpaired) electrons. The van der Waals surface area contributed by atoms with Crippen molar-refractivity contribution in [2.45, 2.75) is 18.2 Å². The van der Waals surface area contributed by atoms with Gasteiger partial charge in [-0.05, 0) is 41.4 Å². The Morgan fingerprint density at radius 1 is 1.50 bits per heavy atom. The molecule has 3 N–H and O–H groups in total. The number of hydrogen-bond donors (Lipinski definition) is 2. The molecule has 0 bridgehead atoms. The molecule has 100 valence electrons. The summed E-state index contributed by atoms with van der Waals surface area (Å²) in [5.41, 5.74) is 5.16. The number of rotatable bonds is 5. The van der Waals surface area contributed by atoms with Crippen LogP contribution < -0.4 is 10.5 Å². The molecule has 0 saturated carbocycles. The third-order valence-electron chi connectivity index (χ3n) is 2.18. The number of nitrogens with two attached hydrogens (primary N) is 1. The van der Waals surface area contributed by atoms with Crippen molar-refractivity contribution in [3.05, 3.63) is 34.6 Å². The van der Waals surface area contributed by atoms with Crippen molar-refractivity contribution >= 4 is 31.6 Å². The van der Waals surface area contributed by atoms with Crippen molar-refractivity contribution in [1.82, 2.24) is 4.72 Å². The van der Waals surface area contributed by atoms with Gasteiger partial charge in [0.15, 0.2) is 0 Å². The summed E-state index contributed by atoms with van der Waals surface area (Å²) in [7, 11) is -3.69. The molecule has 0 aliphatic rings. The Balaban J connectivity index is 2.95. The number of halogens is 2. The molecule has 0 unspecified atom stereocenters. The second kappa shape index (κ2) is 6.31. The number of anilines is 1. The first-order valence-electron chi connectivity index (χ1n) is 5.24. The molecule has 0 heterocycles. The molecule has 1 rings (SSSR count). The topological polar surface area (TPSA) is 72.2 Å². The average molecular weight is 337 g/mol. The van der Waals surface area contributed by atoms with E-state index < -0.39 is 15.8 Å². The maximum Gasteiger partial charge on any atom is 0.241 e. The number of benzene rings is 1. The summed E-state index contributed by atoms with van der Waals surface area (Å²) in [6.45, 7) is 2.13. The minimum absolute atomic E-state index is 0.0677. The van der Waals surface area contributed by atoms with Gasteiger partial charge in [-0.2, -0.15) is 0 Å². The lowest BCUT2D eigenvalue weighted by molar-refractivity contribution is 0.580. The van der Waals surface area contributed by atoms with E-state index in [1.54, 1.807) is 0 Å². The highest BCUT2D eigenvalue weighted by Gasteiger charge is 2.18. The Kier molecular flexibility index (Phi) is 5.30. The molecule has 4 nitrogen and oxygen atoms in total. The fourth-order valence-corrected chi connectivity index (χ4v) is 3.37. The second-order valence-corrected chi connectivity index (χ2v) is 6.15. The van der Waals surface area contributed by atoms with Crippen LogP contribution in [0.1, 0.15) is 13.3 Å². The first-order valence-corrected chi connectivity index (χ1v) is 7.51. The van der Waals surface area contributed by atoms with E-state index in [1.165, 1.54) is 0 Å². The van der Waals surface area contributed by atoms with E-state index in [-0.39, 0.29) is 21.6 Å². The molecule has 0 fully saturated rings. The van der Waals surface area contributed by atoms with Crippen LogP contribution in [0.15, 0.2) is 33.7 Å². The van der Waals surface area contributed by atoms with Crippen molar-refractivity contribution in [3.8, 4) is 0 Å². The molecule has 0 aliphatic heterocycles. The summed E-state index contributed by atoms with van der Waals surface area (Å²) in [6.07, 6.45) is 4.26. The molecule has 1 aromatic rings. The molecular weight excluding hydrogens is 323 g/mol. The van der Waals surface area contributed by atoms with Crippen LogP contribution in [-0.4, -0.2) is 15.0 Å². The van der Waals surface area contributed by atoms with Crippen LogP contribution in [0.4, 0.5) is 10.1 Å². The number of sulfonamides is 1. The van der Waals surface area contributed by atoms with Crippen LogP contribution in [0.25, 0.3) is 0 Å². The number of nitrogen functional groups attached to an aromatic ring is 1. The molecular formula is C11H14BrFN2O2S. The van der Waals surface area contributed by atoms with E-state index in [0.717, 1.165) is 12.1 Å². The Hall–Kier alpha value is -0.920. The summed E-state index contributed by atoms with van der Waals surface area (Å²) in [5, 5.41) is 0. The molecule has 0 saturated heterocycles. The summed E-state index contributed by atoms with van der Waals surface area (Å²) >= 11 is 3.01. The number of allylic oxidation sites excluding steroid dienone is 1. The quantitative estimate of drug-likeness (QED) is 0.492. The summed E-state index contributed by atoms with van der Waals surface area (Å²) in [6, 6.07) is 2.13. The van der Waals surface area contributed by atoms with Gasteiger partial charge in [-0.1, -0.05) is 12.2 Å². The standard InChI is InChI=1S/C11H14BrFN2O2S/c1-2-3-4-5-15-18(16,17)11-7-10(14)9(13)6-8(11)12/h2-3,6-7,15H,4-5,14H2,1H3/b3-2+. The van der Waals surface area contributed by atoms with Gasteiger partial charge in [0.05, 0.1) is 10.6 Å². The van der Waals surface area contributed by atoms with Crippen molar-refractivity contribution in [2.75, 3.05) is 12.3 Å². The minimum atomic E-state index is -3.69. The highest BCUT2D eigenvalue weighted by atomic mass is 79.9. The van der Waals surface area contributed by atoms with Crippen molar-refractivity contribution in [2.24, 2.45) is 0 Å². The first kappa shape index (κ1) is 15.1. The summed E-state index contributed by atoms with van der Waals surface area (Å²) < 4.78 is 39.6. The fraction of sp³-hybridized carbons (Fsp3) is 0.273. The van der Waals surface area contributed by atoms with Gasteiger partial charge in [0.2, 0.25) is 10.0 Å². The van der Waals surface area contributed by atoms with E-state index in [1.807, 2.05) is 19.1 Å². The van der Waals surface area contributed by atoms with Crippen LogP contribution in [0, 0.1) is 5.82 Å². The molecule has 0 aromatic heterocycles. The molecule has 0 atom stereocenters. The van der Waals surface area contributed by atoms with Gasteiger partial charge in [-0.15, -0.1) is 0 Å². The summed E-state index contributed by atoms with van der Waals surface area (Å²) in [4.78, 5) is -0.0677. The zero-order valence-corrected chi connectivity index (χ0v) is 12.2. The second-order valence-electron chi connectivity index (χ2n) is 3.56. The minimum Gasteiger partial charge on any atom is -0.396 e. The molecule has 0 spiro atoms.